The molecule has 0 N–H and O–H groups in total. The molecule has 0 amide bonds. The molecule has 120 valence electrons. The zero-order chi connectivity index (χ0) is 15.8. The highest BCUT2D eigenvalue weighted by Gasteiger charge is 2.21. The molecule has 23 heavy (non-hydrogen) atoms. The van der Waals surface area contributed by atoms with E-state index in [2.05, 4.69) is 41.2 Å². The molecular formula is C18H22N4O. The van der Waals surface area contributed by atoms with Crippen molar-refractivity contribution in [3.8, 4) is 0 Å². The molecule has 1 aromatic carbocycles. The van der Waals surface area contributed by atoms with Crippen molar-refractivity contribution in [1.29, 1.82) is 0 Å². The molecule has 1 fully saturated rings. The molecule has 0 spiro atoms. The molecule has 1 atom stereocenters. The van der Waals surface area contributed by atoms with E-state index in [9.17, 15) is 0 Å². The fourth-order valence-corrected chi connectivity index (χ4v) is 3.40. The Labute approximate surface area is 135 Å². The van der Waals surface area contributed by atoms with Crippen molar-refractivity contribution < 1.29 is 4.74 Å². The van der Waals surface area contributed by atoms with Gasteiger partial charge in [-0.1, -0.05) is 12.1 Å². The number of nitrogens with zero attached hydrogens (tertiary/aromatic N) is 4. The van der Waals surface area contributed by atoms with Crippen LogP contribution >= 0.6 is 0 Å². The van der Waals surface area contributed by atoms with Crippen molar-refractivity contribution in [2.24, 2.45) is 0 Å². The summed E-state index contributed by atoms with van der Waals surface area (Å²) in [7, 11) is 0. The number of anilines is 1. The van der Waals surface area contributed by atoms with Gasteiger partial charge >= 0.3 is 0 Å². The Morgan fingerprint density at radius 1 is 1.35 bits per heavy atom. The van der Waals surface area contributed by atoms with Crippen molar-refractivity contribution in [1.82, 2.24) is 14.6 Å². The van der Waals surface area contributed by atoms with Gasteiger partial charge < -0.3 is 9.64 Å². The van der Waals surface area contributed by atoms with Gasteiger partial charge in [0.1, 0.15) is 5.82 Å². The maximum absolute atomic E-state index is 5.82. The van der Waals surface area contributed by atoms with Crippen LogP contribution in [-0.4, -0.2) is 40.4 Å². The molecule has 0 bridgehead atoms. The minimum absolute atomic E-state index is 0.318. The van der Waals surface area contributed by atoms with Gasteiger partial charge in [0, 0.05) is 31.1 Å². The summed E-state index contributed by atoms with van der Waals surface area (Å²) in [6.07, 6.45) is 2.62. The van der Waals surface area contributed by atoms with Gasteiger partial charge in [-0.25, -0.2) is 9.50 Å². The van der Waals surface area contributed by atoms with Crippen LogP contribution in [0.3, 0.4) is 0 Å². The summed E-state index contributed by atoms with van der Waals surface area (Å²) in [5, 5.41) is 5.72. The molecule has 1 aliphatic rings. The first-order valence-corrected chi connectivity index (χ1v) is 8.38. The van der Waals surface area contributed by atoms with Gasteiger partial charge in [-0.2, -0.15) is 5.10 Å². The molecule has 0 radical (unpaired) electrons. The van der Waals surface area contributed by atoms with E-state index in [4.69, 9.17) is 9.72 Å². The van der Waals surface area contributed by atoms with E-state index in [-0.39, 0.29) is 0 Å². The van der Waals surface area contributed by atoms with Crippen LogP contribution in [0, 0.1) is 6.92 Å². The van der Waals surface area contributed by atoms with Gasteiger partial charge in [0.15, 0.2) is 5.65 Å². The summed E-state index contributed by atoms with van der Waals surface area (Å²) < 4.78 is 7.76. The zero-order valence-corrected chi connectivity index (χ0v) is 13.7. The van der Waals surface area contributed by atoms with Gasteiger partial charge in [0.25, 0.3) is 0 Å². The van der Waals surface area contributed by atoms with Gasteiger partial charge in [0.2, 0.25) is 0 Å². The first-order valence-electron chi connectivity index (χ1n) is 8.38. The number of aromatic nitrogens is 3. The number of para-hydroxylation sites is 1. The Balaban J connectivity index is 1.85. The average Bonchev–Trinajstić information content (AvgIpc) is 3.20. The minimum Gasteiger partial charge on any atom is -0.376 e. The third kappa shape index (κ3) is 2.55. The molecule has 4 rings (SSSR count). The number of hydrogen-bond donors (Lipinski definition) is 0. The molecule has 1 unspecified atom stereocenters. The van der Waals surface area contributed by atoms with E-state index in [1.807, 2.05) is 17.5 Å². The number of likely N-dealkylation sites (N-methyl/N-ethyl adjacent to an activating group) is 1. The summed E-state index contributed by atoms with van der Waals surface area (Å²) in [5.41, 5.74) is 3.00. The van der Waals surface area contributed by atoms with Gasteiger partial charge in [-0.05, 0) is 38.8 Å². The molecule has 5 heteroatoms. The lowest BCUT2D eigenvalue weighted by Crippen LogP contribution is -2.33. The first-order chi connectivity index (χ1) is 11.3. The summed E-state index contributed by atoms with van der Waals surface area (Å²) >= 11 is 0. The Kier molecular flexibility index (Phi) is 3.65. The third-order valence-electron chi connectivity index (χ3n) is 4.54. The largest absolute Gasteiger partial charge is 0.376 e. The van der Waals surface area contributed by atoms with E-state index in [1.54, 1.807) is 0 Å². The van der Waals surface area contributed by atoms with E-state index < -0.39 is 0 Å². The minimum atomic E-state index is 0.318. The van der Waals surface area contributed by atoms with Crippen molar-refractivity contribution in [3.05, 3.63) is 36.0 Å². The smallest absolute Gasteiger partial charge is 0.158 e. The monoisotopic (exact) mass is 310 g/mol. The maximum atomic E-state index is 5.82. The van der Waals surface area contributed by atoms with E-state index in [0.717, 1.165) is 60.6 Å². The highest BCUT2D eigenvalue weighted by Crippen LogP contribution is 2.27. The molecular weight excluding hydrogens is 288 g/mol. The third-order valence-corrected chi connectivity index (χ3v) is 4.54. The van der Waals surface area contributed by atoms with Gasteiger partial charge in [-0.3, -0.25) is 0 Å². The second-order valence-electron chi connectivity index (χ2n) is 6.18. The van der Waals surface area contributed by atoms with Crippen LogP contribution < -0.4 is 4.90 Å². The number of ether oxygens (including phenoxy) is 1. The van der Waals surface area contributed by atoms with E-state index in [0.29, 0.717) is 6.10 Å². The Morgan fingerprint density at radius 2 is 2.22 bits per heavy atom. The van der Waals surface area contributed by atoms with Crippen molar-refractivity contribution in [3.63, 3.8) is 0 Å². The predicted molar refractivity (Wildman–Crippen MR) is 92.1 cm³/mol. The predicted octanol–water partition coefficient (Wildman–Crippen LogP) is 3.20. The van der Waals surface area contributed by atoms with Crippen LogP contribution in [0.5, 0.6) is 0 Å². The Bertz CT molecular complexity index is 836. The fraction of sp³-hybridized carbons (Fsp3) is 0.444. The lowest BCUT2D eigenvalue weighted by molar-refractivity contribution is 0.115. The van der Waals surface area contributed by atoms with Crippen molar-refractivity contribution >= 4 is 22.4 Å². The number of fused-ring (bicyclic) bond motifs is 3. The number of rotatable bonds is 4. The quantitative estimate of drug-likeness (QED) is 0.742. The highest BCUT2D eigenvalue weighted by molar-refractivity contribution is 5.91. The van der Waals surface area contributed by atoms with Crippen LogP contribution in [0.2, 0.25) is 0 Å². The number of aryl methyl sites for hydroxylation is 1. The summed E-state index contributed by atoms with van der Waals surface area (Å²) in [6.45, 7) is 6.89. The SMILES string of the molecule is CCN(CC1CCCO1)c1nc2cc(C)nn2c2ccccc12. The Hall–Kier alpha value is -2.14. The number of benzene rings is 1. The molecule has 1 saturated heterocycles. The molecule has 3 aromatic rings. The second kappa shape index (κ2) is 5.81. The fourth-order valence-electron chi connectivity index (χ4n) is 3.40. The summed E-state index contributed by atoms with van der Waals surface area (Å²) in [6, 6.07) is 10.4. The van der Waals surface area contributed by atoms with Gasteiger partial charge in [0.05, 0.1) is 17.3 Å². The Morgan fingerprint density at radius 3 is 3.00 bits per heavy atom. The lowest BCUT2D eigenvalue weighted by atomic mass is 10.2. The van der Waals surface area contributed by atoms with E-state index >= 15 is 0 Å². The summed E-state index contributed by atoms with van der Waals surface area (Å²) in [4.78, 5) is 7.24. The van der Waals surface area contributed by atoms with Crippen LogP contribution in [0.15, 0.2) is 30.3 Å². The molecule has 2 aromatic heterocycles. The zero-order valence-electron chi connectivity index (χ0n) is 13.7. The van der Waals surface area contributed by atoms with Crippen molar-refractivity contribution in [2.45, 2.75) is 32.8 Å². The molecule has 3 heterocycles. The molecule has 1 aliphatic heterocycles. The molecule has 0 saturated carbocycles. The first kappa shape index (κ1) is 14.5. The van der Waals surface area contributed by atoms with Crippen LogP contribution in [0.4, 0.5) is 5.82 Å². The topological polar surface area (TPSA) is 42.7 Å². The average molecular weight is 310 g/mol. The van der Waals surface area contributed by atoms with Crippen LogP contribution in [0.25, 0.3) is 16.6 Å². The van der Waals surface area contributed by atoms with Gasteiger partial charge in [-0.15, -0.1) is 0 Å². The van der Waals surface area contributed by atoms with Crippen molar-refractivity contribution in [2.75, 3.05) is 24.6 Å². The molecule has 5 nitrogen and oxygen atoms in total. The highest BCUT2D eigenvalue weighted by atomic mass is 16.5. The van der Waals surface area contributed by atoms with Crippen LogP contribution in [-0.2, 0) is 4.74 Å². The van der Waals surface area contributed by atoms with Crippen LogP contribution in [0.1, 0.15) is 25.5 Å². The van der Waals surface area contributed by atoms with E-state index in [1.165, 1.54) is 0 Å². The lowest BCUT2D eigenvalue weighted by Gasteiger charge is -2.26. The maximum Gasteiger partial charge on any atom is 0.158 e. The summed E-state index contributed by atoms with van der Waals surface area (Å²) in [5.74, 6) is 1.03. The normalized spacial score (nSPS) is 18.1. The molecule has 0 aliphatic carbocycles. The standard InChI is InChI=1S/C18H22N4O/c1-3-21(12-14-7-6-10-23-14)18-15-8-4-5-9-16(15)22-17(19-18)11-13(2)20-22/h4-5,8-9,11,14H,3,6-7,10,12H2,1-2H3. The number of hydrogen-bond acceptors (Lipinski definition) is 4. The second-order valence-corrected chi connectivity index (χ2v) is 6.18.